The van der Waals surface area contributed by atoms with Crippen LogP contribution in [0.5, 0.6) is 5.75 Å². The maximum atomic E-state index is 13.7. The number of carbonyl (C=O) groups excluding carboxylic acids is 3. The molecule has 256 valence electrons. The van der Waals surface area contributed by atoms with E-state index in [4.69, 9.17) is 14.2 Å². The van der Waals surface area contributed by atoms with Crippen molar-refractivity contribution in [1.29, 1.82) is 0 Å². The summed E-state index contributed by atoms with van der Waals surface area (Å²) in [6.07, 6.45) is 5.12. The van der Waals surface area contributed by atoms with E-state index in [0.717, 1.165) is 41.7 Å². The van der Waals surface area contributed by atoms with E-state index in [1.165, 1.54) is 18.1 Å². The lowest BCUT2D eigenvalue weighted by Gasteiger charge is -2.26. The van der Waals surface area contributed by atoms with Crippen LogP contribution in [0.25, 0.3) is 0 Å². The number of methoxy groups -OCH3 is 1. The number of ether oxygens (including phenoxy) is 3. The minimum Gasteiger partial charge on any atom is -0.501 e. The van der Waals surface area contributed by atoms with Gasteiger partial charge in [-0.1, -0.05) is 100.0 Å². The summed E-state index contributed by atoms with van der Waals surface area (Å²) in [4.78, 5) is 40.7. The number of amides is 3. The molecule has 48 heavy (non-hydrogen) atoms. The fourth-order valence-electron chi connectivity index (χ4n) is 5.71. The lowest BCUT2D eigenvalue weighted by molar-refractivity contribution is -0.141. The molecule has 1 heterocycles. The van der Waals surface area contributed by atoms with Crippen LogP contribution in [0.2, 0.25) is 0 Å². The third-order valence-electron chi connectivity index (χ3n) is 8.39. The highest BCUT2D eigenvalue weighted by atomic mass is 16.5. The topological polar surface area (TPSA) is 94.2 Å². The molecular weight excluding hydrogens is 604 g/mol. The van der Waals surface area contributed by atoms with Gasteiger partial charge < -0.3 is 19.5 Å². The molecule has 0 saturated carbocycles. The SMILES string of the molecule is CO/C(=C/C(=O)N1C(=O)C[C@H](OCc2ccccc2)[C@H]1Cc1ccc(OCc2ccccc2)cc1)CCNC(=O)CCCCC(C)(C)C. The Balaban J connectivity index is 1.39. The van der Waals surface area contributed by atoms with E-state index in [0.29, 0.717) is 44.8 Å². The standard InChI is InChI=1S/C40H50N2O6/c1-40(2,3)23-12-11-17-37(43)41-24-22-34(46-4)26-38(44)42-35(36(27-39(42)45)48-29-32-15-9-6-10-16-32)25-30-18-20-33(21-19-30)47-28-31-13-7-5-8-14-31/h5-10,13-16,18-21,26,35-36H,11-12,17,22-25,27-29H2,1-4H3,(H,41,43)/b34-26+/t35-,36+/m1/s1. The van der Waals surface area contributed by atoms with Crippen molar-refractivity contribution in [1.82, 2.24) is 10.2 Å². The van der Waals surface area contributed by atoms with Gasteiger partial charge in [0.2, 0.25) is 11.8 Å². The Hall–Kier alpha value is -4.43. The van der Waals surface area contributed by atoms with E-state index in [1.54, 1.807) is 0 Å². The second-order valence-electron chi connectivity index (χ2n) is 13.5. The lowest BCUT2D eigenvalue weighted by atomic mass is 9.89. The van der Waals surface area contributed by atoms with Crippen molar-refractivity contribution < 1.29 is 28.6 Å². The summed E-state index contributed by atoms with van der Waals surface area (Å²) in [7, 11) is 1.49. The number of rotatable bonds is 17. The fraction of sp³-hybridized carbons (Fsp3) is 0.425. The average molecular weight is 655 g/mol. The molecule has 3 amide bonds. The Morgan fingerprint density at radius 2 is 1.50 bits per heavy atom. The zero-order valence-electron chi connectivity index (χ0n) is 28.8. The van der Waals surface area contributed by atoms with Crippen molar-refractivity contribution in [2.24, 2.45) is 5.41 Å². The molecule has 2 atom stereocenters. The zero-order valence-corrected chi connectivity index (χ0v) is 28.8. The maximum Gasteiger partial charge on any atom is 0.256 e. The highest BCUT2D eigenvalue weighted by molar-refractivity contribution is 6.03. The smallest absolute Gasteiger partial charge is 0.256 e. The van der Waals surface area contributed by atoms with Gasteiger partial charge in [0.1, 0.15) is 18.1 Å². The molecule has 1 fully saturated rings. The van der Waals surface area contributed by atoms with E-state index in [9.17, 15) is 14.4 Å². The average Bonchev–Trinajstić information content (AvgIpc) is 3.39. The molecule has 0 spiro atoms. The Morgan fingerprint density at radius 1 is 0.854 bits per heavy atom. The van der Waals surface area contributed by atoms with Gasteiger partial charge in [-0.15, -0.1) is 0 Å². The number of unbranched alkanes of at least 4 members (excludes halogenated alkanes) is 1. The van der Waals surface area contributed by atoms with Crippen LogP contribution < -0.4 is 10.1 Å². The van der Waals surface area contributed by atoms with Gasteiger partial charge in [-0.3, -0.25) is 19.3 Å². The quantitative estimate of drug-likeness (QED) is 0.0943. The summed E-state index contributed by atoms with van der Waals surface area (Å²) in [6.45, 7) is 7.73. The number of hydrogen-bond acceptors (Lipinski definition) is 6. The van der Waals surface area contributed by atoms with E-state index < -0.39 is 18.1 Å². The van der Waals surface area contributed by atoms with Gasteiger partial charge >= 0.3 is 0 Å². The van der Waals surface area contributed by atoms with Gasteiger partial charge in [0.05, 0.1) is 32.3 Å². The molecule has 1 N–H and O–H groups in total. The highest BCUT2D eigenvalue weighted by Gasteiger charge is 2.43. The zero-order chi connectivity index (χ0) is 34.4. The van der Waals surface area contributed by atoms with Gasteiger partial charge in [0.25, 0.3) is 5.91 Å². The fourth-order valence-corrected chi connectivity index (χ4v) is 5.71. The van der Waals surface area contributed by atoms with E-state index in [-0.39, 0.29) is 23.7 Å². The van der Waals surface area contributed by atoms with Crippen molar-refractivity contribution in [3.63, 3.8) is 0 Å². The van der Waals surface area contributed by atoms with Crippen LogP contribution in [0.4, 0.5) is 0 Å². The second kappa shape index (κ2) is 18.2. The number of likely N-dealkylation sites (tertiary alicyclic amines) is 1. The number of nitrogens with one attached hydrogen (secondary N) is 1. The summed E-state index contributed by atoms with van der Waals surface area (Å²) in [5, 5.41) is 2.92. The van der Waals surface area contributed by atoms with Crippen molar-refractivity contribution >= 4 is 17.7 Å². The first-order valence-corrected chi connectivity index (χ1v) is 16.9. The van der Waals surface area contributed by atoms with Crippen LogP contribution >= 0.6 is 0 Å². The van der Waals surface area contributed by atoms with E-state index in [2.05, 4.69) is 26.1 Å². The Morgan fingerprint density at radius 3 is 2.12 bits per heavy atom. The van der Waals surface area contributed by atoms with Gasteiger partial charge in [-0.05, 0) is 53.5 Å². The minimum absolute atomic E-state index is 0.0182. The Kier molecular flexibility index (Phi) is 13.8. The van der Waals surface area contributed by atoms with Crippen LogP contribution in [0, 0.1) is 5.41 Å². The number of hydrogen-bond donors (Lipinski definition) is 1. The number of carbonyl (C=O) groups is 3. The molecule has 0 bridgehead atoms. The van der Waals surface area contributed by atoms with E-state index in [1.807, 2.05) is 84.9 Å². The summed E-state index contributed by atoms with van der Waals surface area (Å²) in [5.74, 6) is 0.369. The van der Waals surface area contributed by atoms with Crippen LogP contribution in [0.15, 0.2) is 96.8 Å². The van der Waals surface area contributed by atoms with Crippen molar-refractivity contribution in [3.8, 4) is 5.75 Å². The number of nitrogens with zero attached hydrogens (tertiary/aromatic N) is 1. The van der Waals surface area contributed by atoms with E-state index >= 15 is 0 Å². The second-order valence-corrected chi connectivity index (χ2v) is 13.5. The summed E-state index contributed by atoms with van der Waals surface area (Å²) in [5.41, 5.74) is 3.28. The largest absolute Gasteiger partial charge is 0.501 e. The van der Waals surface area contributed by atoms with Crippen LogP contribution in [0.1, 0.15) is 76.0 Å². The van der Waals surface area contributed by atoms with Crippen molar-refractivity contribution in [2.75, 3.05) is 13.7 Å². The maximum absolute atomic E-state index is 13.7. The summed E-state index contributed by atoms with van der Waals surface area (Å²) < 4.78 is 17.7. The van der Waals surface area contributed by atoms with Gasteiger partial charge in [-0.25, -0.2) is 0 Å². The van der Waals surface area contributed by atoms with Gasteiger partial charge in [0, 0.05) is 25.5 Å². The van der Waals surface area contributed by atoms with Gasteiger partial charge in [0.15, 0.2) is 0 Å². The first kappa shape index (κ1) is 36.4. The first-order chi connectivity index (χ1) is 23.1. The Bertz CT molecular complexity index is 1480. The molecule has 1 saturated heterocycles. The normalized spacial score (nSPS) is 16.5. The Labute approximate surface area is 285 Å². The molecule has 8 nitrogen and oxygen atoms in total. The van der Waals surface area contributed by atoms with Crippen LogP contribution in [-0.2, 0) is 43.5 Å². The van der Waals surface area contributed by atoms with Crippen molar-refractivity contribution in [3.05, 3.63) is 113 Å². The monoisotopic (exact) mass is 654 g/mol. The molecule has 8 heteroatoms. The van der Waals surface area contributed by atoms with Crippen molar-refractivity contribution in [2.45, 2.75) is 91.1 Å². The highest BCUT2D eigenvalue weighted by Crippen LogP contribution is 2.28. The predicted octanol–water partition coefficient (Wildman–Crippen LogP) is 7.16. The lowest BCUT2D eigenvalue weighted by Crippen LogP contribution is -2.43. The molecule has 3 aromatic carbocycles. The molecule has 0 unspecified atom stereocenters. The van der Waals surface area contributed by atoms with Gasteiger partial charge in [-0.2, -0.15) is 0 Å². The minimum atomic E-state index is -0.507. The predicted molar refractivity (Wildman–Crippen MR) is 187 cm³/mol. The molecule has 4 rings (SSSR count). The number of imide groups is 1. The first-order valence-electron chi connectivity index (χ1n) is 16.9. The molecule has 0 aliphatic carbocycles. The molecular formula is C40H50N2O6. The molecule has 0 aromatic heterocycles. The molecule has 0 radical (unpaired) electrons. The third kappa shape index (κ3) is 12.0. The molecule has 3 aromatic rings. The van der Waals surface area contributed by atoms with Crippen LogP contribution in [-0.4, -0.2) is 48.4 Å². The molecule has 1 aliphatic heterocycles. The summed E-state index contributed by atoms with van der Waals surface area (Å²) in [6, 6.07) is 27.0. The molecule has 1 aliphatic rings. The number of benzene rings is 3. The third-order valence-corrected chi connectivity index (χ3v) is 8.39. The van der Waals surface area contributed by atoms with Crippen LogP contribution in [0.3, 0.4) is 0 Å². The summed E-state index contributed by atoms with van der Waals surface area (Å²) >= 11 is 0.